The summed E-state index contributed by atoms with van der Waals surface area (Å²) in [7, 11) is 0. The minimum absolute atomic E-state index is 0.130. The van der Waals surface area contributed by atoms with E-state index < -0.39 is 0 Å². The van der Waals surface area contributed by atoms with Gasteiger partial charge in [0.2, 0.25) is 0 Å². The molecule has 5 nitrogen and oxygen atoms in total. The van der Waals surface area contributed by atoms with Crippen molar-refractivity contribution in [2.75, 3.05) is 13.1 Å². The van der Waals surface area contributed by atoms with E-state index in [1.165, 1.54) is 12.1 Å². The predicted octanol–water partition coefficient (Wildman–Crippen LogP) is 1.79. The smallest absolute Gasteiger partial charge is 0.269 e. The molecule has 1 aromatic rings. The van der Waals surface area contributed by atoms with E-state index in [2.05, 4.69) is 10.3 Å². The highest BCUT2D eigenvalue weighted by Gasteiger charge is 2.07. The number of nitrogens with one attached hydrogen (secondary N) is 1. The molecule has 0 atom stereocenters. The lowest BCUT2D eigenvalue weighted by atomic mass is 10.2. The molecule has 1 N–H and O–H groups in total. The number of nitro groups is 1. The van der Waals surface area contributed by atoms with Gasteiger partial charge < -0.3 is 5.32 Å². The first kappa shape index (κ1) is 10.9. The lowest BCUT2D eigenvalue weighted by molar-refractivity contribution is -0.384. The minimum atomic E-state index is -0.389. The van der Waals surface area contributed by atoms with Crippen LogP contribution in [0.2, 0.25) is 0 Å². The van der Waals surface area contributed by atoms with E-state index >= 15 is 0 Å². The van der Waals surface area contributed by atoms with Crippen molar-refractivity contribution < 1.29 is 4.92 Å². The van der Waals surface area contributed by atoms with Gasteiger partial charge in [0, 0.05) is 24.4 Å². The summed E-state index contributed by atoms with van der Waals surface area (Å²) in [4.78, 5) is 14.3. The van der Waals surface area contributed by atoms with E-state index in [4.69, 9.17) is 0 Å². The third kappa shape index (κ3) is 2.73. The Kier molecular flexibility index (Phi) is 3.40. The maximum atomic E-state index is 10.5. The van der Waals surface area contributed by atoms with Crippen molar-refractivity contribution in [1.82, 2.24) is 5.32 Å². The number of hydrogen-bond acceptors (Lipinski definition) is 5. The Balaban J connectivity index is 1.92. The standard InChI is InChI=1S/C10H11N3O2S/c14-13(15)9-3-1-8(2-4-9)7-16-10-11-5-6-12-10/h1-4H,5-7H2,(H,11,12). The summed E-state index contributed by atoms with van der Waals surface area (Å²) in [6.45, 7) is 1.74. The maximum Gasteiger partial charge on any atom is 0.269 e. The van der Waals surface area contributed by atoms with Gasteiger partial charge >= 0.3 is 0 Å². The largest absolute Gasteiger partial charge is 0.363 e. The molecule has 0 saturated carbocycles. The number of hydrogen-bond donors (Lipinski definition) is 1. The van der Waals surface area contributed by atoms with Crippen LogP contribution in [0.1, 0.15) is 5.56 Å². The van der Waals surface area contributed by atoms with Crippen molar-refractivity contribution in [2.45, 2.75) is 5.75 Å². The molecule has 1 aliphatic heterocycles. The summed E-state index contributed by atoms with van der Waals surface area (Å²) >= 11 is 1.62. The van der Waals surface area contributed by atoms with Gasteiger partial charge in [-0.2, -0.15) is 0 Å². The van der Waals surface area contributed by atoms with Crippen LogP contribution in [-0.4, -0.2) is 23.2 Å². The number of non-ortho nitro benzene ring substituents is 1. The quantitative estimate of drug-likeness (QED) is 0.642. The van der Waals surface area contributed by atoms with Crippen LogP contribution in [0.15, 0.2) is 29.3 Å². The van der Waals surface area contributed by atoms with Gasteiger partial charge in [0.15, 0.2) is 5.17 Å². The number of aliphatic imine (C=N–C) groups is 1. The van der Waals surface area contributed by atoms with Gasteiger partial charge in [-0.1, -0.05) is 23.9 Å². The molecule has 0 fully saturated rings. The van der Waals surface area contributed by atoms with Gasteiger partial charge in [0.1, 0.15) is 0 Å². The number of thioether (sulfide) groups is 1. The van der Waals surface area contributed by atoms with Gasteiger partial charge in [-0.15, -0.1) is 0 Å². The zero-order valence-electron chi connectivity index (χ0n) is 8.55. The van der Waals surface area contributed by atoms with Crippen LogP contribution in [-0.2, 0) is 5.75 Å². The highest BCUT2D eigenvalue weighted by Crippen LogP contribution is 2.17. The molecule has 0 aromatic heterocycles. The van der Waals surface area contributed by atoms with E-state index in [0.717, 1.165) is 29.6 Å². The molecule has 1 aliphatic rings. The molecule has 0 bridgehead atoms. The molecule has 0 spiro atoms. The molecule has 0 saturated heterocycles. The van der Waals surface area contributed by atoms with Crippen molar-refractivity contribution >= 4 is 22.6 Å². The molecular weight excluding hydrogens is 226 g/mol. The van der Waals surface area contributed by atoms with Crippen molar-refractivity contribution in [2.24, 2.45) is 4.99 Å². The molecule has 2 rings (SSSR count). The summed E-state index contributed by atoms with van der Waals surface area (Å²) in [6.07, 6.45) is 0. The van der Waals surface area contributed by atoms with Crippen LogP contribution in [0.25, 0.3) is 0 Å². The second kappa shape index (κ2) is 4.98. The number of amidine groups is 1. The summed E-state index contributed by atoms with van der Waals surface area (Å²) in [5.74, 6) is 0.782. The van der Waals surface area contributed by atoms with Crippen molar-refractivity contribution in [1.29, 1.82) is 0 Å². The monoisotopic (exact) mass is 237 g/mol. The Morgan fingerprint density at radius 1 is 1.44 bits per heavy atom. The molecule has 1 aromatic carbocycles. The first-order valence-corrected chi connectivity index (χ1v) is 5.89. The van der Waals surface area contributed by atoms with E-state index in [1.807, 2.05) is 0 Å². The van der Waals surface area contributed by atoms with Gasteiger partial charge in [-0.3, -0.25) is 15.1 Å². The second-order valence-electron chi connectivity index (χ2n) is 3.33. The van der Waals surface area contributed by atoms with Gasteiger partial charge in [0.25, 0.3) is 5.69 Å². The molecule has 6 heteroatoms. The molecule has 0 aliphatic carbocycles. The molecule has 0 amide bonds. The average molecular weight is 237 g/mol. The molecular formula is C10H11N3O2S. The highest BCUT2D eigenvalue weighted by atomic mass is 32.2. The van der Waals surface area contributed by atoms with E-state index in [1.54, 1.807) is 23.9 Å². The molecule has 1 heterocycles. The zero-order valence-corrected chi connectivity index (χ0v) is 9.37. The van der Waals surface area contributed by atoms with E-state index in [-0.39, 0.29) is 10.6 Å². The van der Waals surface area contributed by atoms with Crippen LogP contribution < -0.4 is 5.32 Å². The van der Waals surface area contributed by atoms with Gasteiger partial charge in [-0.25, -0.2) is 0 Å². The summed E-state index contributed by atoms with van der Waals surface area (Å²) in [5, 5.41) is 14.6. The Bertz CT molecular complexity index is 417. The normalized spacial score (nSPS) is 14.4. The van der Waals surface area contributed by atoms with E-state index in [9.17, 15) is 10.1 Å². The number of nitrogens with zero attached hydrogens (tertiary/aromatic N) is 2. The Labute approximate surface area is 97.1 Å². The summed E-state index contributed by atoms with van der Waals surface area (Å²) in [5.41, 5.74) is 1.19. The fraction of sp³-hybridized carbons (Fsp3) is 0.300. The Morgan fingerprint density at radius 3 is 2.75 bits per heavy atom. The highest BCUT2D eigenvalue weighted by molar-refractivity contribution is 8.13. The molecule has 0 radical (unpaired) electrons. The number of rotatable bonds is 3. The van der Waals surface area contributed by atoms with Crippen molar-refractivity contribution in [3.8, 4) is 0 Å². The van der Waals surface area contributed by atoms with Crippen LogP contribution in [0, 0.1) is 10.1 Å². The average Bonchev–Trinajstić information content (AvgIpc) is 2.80. The van der Waals surface area contributed by atoms with Crippen LogP contribution in [0.3, 0.4) is 0 Å². The first-order valence-electron chi connectivity index (χ1n) is 4.90. The summed E-state index contributed by atoms with van der Waals surface area (Å²) in [6, 6.07) is 6.61. The lowest BCUT2D eigenvalue weighted by Crippen LogP contribution is -2.14. The molecule has 16 heavy (non-hydrogen) atoms. The Morgan fingerprint density at radius 2 is 2.19 bits per heavy atom. The third-order valence-electron chi connectivity index (χ3n) is 2.17. The topological polar surface area (TPSA) is 67.5 Å². The number of nitro benzene ring substituents is 1. The van der Waals surface area contributed by atoms with Gasteiger partial charge in [0.05, 0.1) is 11.5 Å². The number of benzene rings is 1. The van der Waals surface area contributed by atoms with E-state index in [0.29, 0.717) is 0 Å². The van der Waals surface area contributed by atoms with Crippen LogP contribution >= 0.6 is 11.8 Å². The van der Waals surface area contributed by atoms with Crippen molar-refractivity contribution in [3.63, 3.8) is 0 Å². The van der Waals surface area contributed by atoms with Crippen molar-refractivity contribution in [3.05, 3.63) is 39.9 Å². The second-order valence-corrected chi connectivity index (χ2v) is 4.29. The first-order chi connectivity index (χ1) is 7.75. The Hall–Kier alpha value is -1.56. The zero-order chi connectivity index (χ0) is 11.4. The fourth-order valence-corrected chi connectivity index (χ4v) is 2.22. The lowest BCUT2D eigenvalue weighted by Gasteiger charge is -2.01. The third-order valence-corrected chi connectivity index (χ3v) is 3.19. The predicted molar refractivity (Wildman–Crippen MR) is 64.7 cm³/mol. The summed E-state index contributed by atoms with van der Waals surface area (Å²) < 4.78 is 0. The molecule has 84 valence electrons. The van der Waals surface area contributed by atoms with Gasteiger partial charge in [-0.05, 0) is 5.56 Å². The maximum absolute atomic E-state index is 10.5. The van der Waals surface area contributed by atoms with Crippen LogP contribution in [0.5, 0.6) is 0 Å². The molecule has 0 unspecified atom stereocenters. The fourth-order valence-electron chi connectivity index (χ4n) is 1.34. The minimum Gasteiger partial charge on any atom is -0.363 e. The SMILES string of the molecule is O=[N+]([O-])c1ccc(CSC2=NCCN2)cc1. The van der Waals surface area contributed by atoms with Crippen LogP contribution in [0.4, 0.5) is 5.69 Å².